The Morgan fingerprint density at radius 2 is 1.96 bits per heavy atom. The van der Waals surface area contributed by atoms with Crippen LogP contribution in [0.3, 0.4) is 0 Å². The molecule has 0 saturated carbocycles. The number of aliphatic carboxylic acids is 1. The van der Waals surface area contributed by atoms with Crippen LogP contribution in [0, 0.1) is 0 Å². The molecule has 3 rings (SSSR count). The summed E-state index contributed by atoms with van der Waals surface area (Å²) in [5.74, 6) is -2.31. The van der Waals surface area contributed by atoms with E-state index < -0.39 is 35.9 Å². The second-order valence-corrected chi connectivity index (χ2v) is 6.41. The average molecular weight is 382 g/mol. The first kappa shape index (κ1) is 20.5. The summed E-state index contributed by atoms with van der Waals surface area (Å²) >= 11 is 1.26. The molecular formula is C16H15N4NaO4S. The number of anilines is 1. The van der Waals surface area contributed by atoms with Gasteiger partial charge in [-0.25, -0.2) is 4.98 Å². The van der Waals surface area contributed by atoms with Gasteiger partial charge in [0.15, 0.2) is 5.13 Å². The molecule has 0 unspecified atom stereocenters. The zero-order valence-electron chi connectivity index (χ0n) is 14.0. The van der Waals surface area contributed by atoms with Crippen molar-refractivity contribution in [3.63, 3.8) is 0 Å². The summed E-state index contributed by atoms with van der Waals surface area (Å²) < 4.78 is 0. The van der Waals surface area contributed by atoms with Gasteiger partial charge in [-0.15, -0.1) is 11.3 Å². The fraction of sp³-hybridized carbons (Fsp3) is 0.250. The third-order valence-electron chi connectivity index (χ3n) is 3.70. The van der Waals surface area contributed by atoms with Crippen molar-refractivity contribution in [3.05, 3.63) is 47.5 Å². The number of nitrogens with one attached hydrogen (secondary N) is 3. The molecule has 1 saturated heterocycles. The number of carbonyl (C=O) groups is 3. The van der Waals surface area contributed by atoms with E-state index in [2.05, 4.69) is 20.9 Å². The third-order valence-corrected chi connectivity index (χ3v) is 4.39. The third kappa shape index (κ3) is 5.36. The van der Waals surface area contributed by atoms with Crippen molar-refractivity contribution in [2.45, 2.75) is 24.5 Å². The van der Waals surface area contributed by atoms with Crippen molar-refractivity contribution in [2.24, 2.45) is 0 Å². The van der Waals surface area contributed by atoms with Gasteiger partial charge < -0.3 is 20.5 Å². The minimum absolute atomic E-state index is 0. The minimum Gasteiger partial charge on any atom is -0.548 e. The molecule has 0 aliphatic carbocycles. The molecule has 1 aromatic heterocycles. The fourth-order valence-corrected chi connectivity index (χ4v) is 2.90. The predicted molar refractivity (Wildman–Crippen MR) is 88.5 cm³/mol. The van der Waals surface area contributed by atoms with E-state index in [0.29, 0.717) is 5.13 Å². The van der Waals surface area contributed by atoms with Crippen LogP contribution in [0.2, 0.25) is 0 Å². The first-order valence-electron chi connectivity index (χ1n) is 7.56. The molecule has 2 amide bonds. The van der Waals surface area contributed by atoms with Crippen molar-refractivity contribution in [2.75, 3.05) is 5.32 Å². The maximum absolute atomic E-state index is 12.5. The summed E-state index contributed by atoms with van der Waals surface area (Å²) in [6, 6.07) is 6.46. The molecule has 1 fully saturated rings. The molecule has 10 heteroatoms. The first-order chi connectivity index (χ1) is 12.0. The summed E-state index contributed by atoms with van der Waals surface area (Å²) in [5, 5.41) is 20.7. The molecule has 8 nitrogen and oxygen atoms in total. The molecule has 2 aromatic rings. The second kappa shape index (κ2) is 9.24. The summed E-state index contributed by atoms with van der Waals surface area (Å²) in [6.45, 7) is 0. The van der Waals surface area contributed by atoms with Crippen LogP contribution in [0.5, 0.6) is 0 Å². The molecule has 0 bridgehead atoms. The van der Waals surface area contributed by atoms with E-state index in [-0.39, 0.29) is 36.0 Å². The van der Waals surface area contributed by atoms with E-state index in [1.54, 1.807) is 11.6 Å². The van der Waals surface area contributed by atoms with E-state index in [1.165, 1.54) is 11.3 Å². The Morgan fingerprint density at radius 3 is 2.54 bits per heavy atom. The van der Waals surface area contributed by atoms with Crippen molar-refractivity contribution in [1.29, 1.82) is 0 Å². The first-order valence-corrected chi connectivity index (χ1v) is 8.44. The van der Waals surface area contributed by atoms with Crippen LogP contribution in [-0.2, 0) is 20.8 Å². The Kier molecular flexibility index (Phi) is 7.30. The molecule has 3 N–H and O–H groups in total. The molecule has 0 radical (unpaired) electrons. The number of carboxylic acids is 1. The molecule has 0 spiro atoms. The molecule has 1 aliphatic heterocycles. The van der Waals surface area contributed by atoms with Gasteiger partial charge in [-0.1, -0.05) is 30.3 Å². The monoisotopic (exact) mass is 382 g/mol. The smallest absolute Gasteiger partial charge is 0.548 e. The van der Waals surface area contributed by atoms with E-state index in [4.69, 9.17) is 0 Å². The van der Waals surface area contributed by atoms with Crippen LogP contribution in [0.1, 0.15) is 5.56 Å². The average Bonchev–Trinajstić information content (AvgIpc) is 3.26. The van der Waals surface area contributed by atoms with Gasteiger partial charge in [0.05, 0.1) is 12.0 Å². The largest absolute Gasteiger partial charge is 1.00 e. The normalized spacial score (nSPS) is 18.9. The number of aromatic nitrogens is 1. The van der Waals surface area contributed by atoms with Gasteiger partial charge in [-0.3, -0.25) is 14.9 Å². The van der Waals surface area contributed by atoms with Crippen LogP contribution in [-0.4, -0.2) is 40.9 Å². The second-order valence-electron chi connectivity index (χ2n) is 5.52. The van der Waals surface area contributed by atoms with E-state index in [9.17, 15) is 19.5 Å². The predicted octanol–water partition coefficient (Wildman–Crippen LogP) is -4.10. The van der Waals surface area contributed by atoms with Crippen LogP contribution in [0.15, 0.2) is 41.9 Å². The number of hydrogen-bond acceptors (Lipinski definition) is 7. The molecule has 26 heavy (non-hydrogen) atoms. The van der Waals surface area contributed by atoms with Crippen molar-refractivity contribution in [3.8, 4) is 0 Å². The van der Waals surface area contributed by atoms with Crippen molar-refractivity contribution < 1.29 is 49.0 Å². The van der Waals surface area contributed by atoms with E-state index >= 15 is 0 Å². The summed E-state index contributed by atoms with van der Waals surface area (Å²) in [4.78, 5) is 39.4. The standard InChI is InChI=1S/C16H16N4O4S.Na/c21-13(20-16-17-6-7-25-16)10(8-9-4-2-1-3-5-9)18-14(22)11-12(19-11)15(23)24;/h1-7,10-12,19H,8H2,(H,18,22)(H,23,24)(H,17,20,21);/q;+1/p-1/t10-,11-,12-;/m0./s1. The Hall–Kier alpha value is -1.78. The summed E-state index contributed by atoms with van der Waals surface area (Å²) in [6.07, 6.45) is 1.83. The number of nitrogens with zero attached hydrogens (tertiary/aromatic N) is 1. The molecule has 130 valence electrons. The number of benzene rings is 1. The van der Waals surface area contributed by atoms with Crippen molar-refractivity contribution in [1.82, 2.24) is 15.6 Å². The van der Waals surface area contributed by atoms with Crippen molar-refractivity contribution >= 4 is 34.3 Å². The maximum Gasteiger partial charge on any atom is 1.00 e. The summed E-state index contributed by atoms with van der Waals surface area (Å²) in [5.41, 5.74) is 0.863. The zero-order valence-corrected chi connectivity index (χ0v) is 16.8. The van der Waals surface area contributed by atoms with Gasteiger partial charge in [0.2, 0.25) is 11.8 Å². The number of carboxylic acid groups (broad SMARTS) is 1. The number of rotatable bonds is 7. The van der Waals surface area contributed by atoms with Crippen LogP contribution >= 0.6 is 11.3 Å². The Bertz CT molecular complexity index is 772. The molecular weight excluding hydrogens is 367 g/mol. The van der Waals surface area contributed by atoms with E-state index in [1.807, 2.05) is 30.3 Å². The molecule has 1 aromatic carbocycles. The Labute approximate surface area is 175 Å². The van der Waals surface area contributed by atoms with Gasteiger partial charge in [0.25, 0.3) is 0 Å². The van der Waals surface area contributed by atoms with Crippen LogP contribution in [0.4, 0.5) is 5.13 Å². The van der Waals surface area contributed by atoms with Crippen LogP contribution in [0.25, 0.3) is 0 Å². The zero-order chi connectivity index (χ0) is 17.8. The molecule has 3 atom stereocenters. The Balaban J connectivity index is 0.00000243. The number of thiazole rings is 1. The number of carbonyl (C=O) groups excluding carboxylic acids is 3. The summed E-state index contributed by atoms with van der Waals surface area (Å²) in [7, 11) is 0. The van der Waals surface area contributed by atoms with Gasteiger partial charge in [0.1, 0.15) is 12.1 Å². The molecule has 2 heterocycles. The topological polar surface area (TPSA) is 133 Å². The number of amides is 2. The molecule has 1 aliphatic rings. The van der Waals surface area contributed by atoms with Gasteiger partial charge in [-0.2, -0.15) is 0 Å². The van der Waals surface area contributed by atoms with Gasteiger partial charge >= 0.3 is 29.6 Å². The van der Waals surface area contributed by atoms with E-state index in [0.717, 1.165) is 5.56 Å². The minimum atomic E-state index is -1.34. The SMILES string of the molecule is O=C(Nc1nccs1)[C@H](Cc1ccccc1)NC(=O)[C@H]1N[C@@H]1C(=O)[O-].[Na+]. The number of hydrogen-bond donors (Lipinski definition) is 3. The Morgan fingerprint density at radius 1 is 1.23 bits per heavy atom. The fourth-order valence-electron chi connectivity index (χ4n) is 2.37. The van der Waals surface area contributed by atoms with Gasteiger partial charge in [-0.05, 0) is 5.56 Å². The quantitative estimate of drug-likeness (QED) is 0.329. The van der Waals surface area contributed by atoms with Crippen LogP contribution < -0.4 is 50.6 Å². The van der Waals surface area contributed by atoms with Gasteiger partial charge in [0, 0.05) is 18.0 Å². The maximum atomic E-state index is 12.5.